The van der Waals surface area contributed by atoms with Gasteiger partial charge in [0.1, 0.15) is 11.3 Å². The van der Waals surface area contributed by atoms with E-state index in [1.54, 1.807) is 19.6 Å². The maximum Gasteiger partial charge on any atom is 0.178 e. The predicted molar refractivity (Wildman–Crippen MR) is 87.3 cm³/mol. The van der Waals surface area contributed by atoms with Gasteiger partial charge < -0.3 is 13.7 Å². The molecule has 0 bridgehead atoms. The average molecular weight is 305 g/mol. The van der Waals surface area contributed by atoms with Crippen LogP contribution in [-0.2, 0) is 6.54 Å². The molecule has 114 valence electrons. The number of rotatable bonds is 4. The van der Waals surface area contributed by atoms with Crippen molar-refractivity contribution in [1.82, 2.24) is 14.5 Å². The van der Waals surface area contributed by atoms with E-state index in [9.17, 15) is 0 Å². The highest BCUT2D eigenvalue weighted by Gasteiger charge is 2.16. The highest BCUT2D eigenvalue weighted by Crippen LogP contribution is 2.27. The first-order valence-corrected chi connectivity index (χ1v) is 7.34. The van der Waals surface area contributed by atoms with Crippen molar-refractivity contribution in [2.75, 3.05) is 7.11 Å². The molecule has 0 unspecified atom stereocenters. The monoisotopic (exact) mass is 305 g/mol. The van der Waals surface area contributed by atoms with Crippen molar-refractivity contribution < 1.29 is 9.15 Å². The summed E-state index contributed by atoms with van der Waals surface area (Å²) in [6.45, 7) is 0.605. The molecular formula is C18H15N3O2. The van der Waals surface area contributed by atoms with Crippen LogP contribution in [0.5, 0.6) is 5.75 Å². The normalized spacial score (nSPS) is 11.0. The number of hydrogen-bond acceptors (Lipinski definition) is 4. The van der Waals surface area contributed by atoms with Crippen molar-refractivity contribution in [2.24, 2.45) is 0 Å². The predicted octanol–water partition coefficient (Wildman–Crippen LogP) is 3.75. The van der Waals surface area contributed by atoms with Crippen molar-refractivity contribution in [2.45, 2.75) is 6.54 Å². The molecule has 0 atom stereocenters. The van der Waals surface area contributed by atoms with E-state index in [-0.39, 0.29) is 0 Å². The lowest BCUT2D eigenvalue weighted by Crippen LogP contribution is -2.04. The van der Waals surface area contributed by atoms with Crippen LogP contribution in [0.3, 0.4) is 0 Å². The molecule has 0 fully saturated rings. The lowest BCUT2D eigenvalue weighted by atomic mass is 10.2. The molecule has 23 heavy (non-hydrogen) atoms. The Labute approximate surface area is 133 Å². The van der Waals surface area contributed by atoms with Crippen LogP contribution in [0.2, 0.25) is 0 Å². The Morgan fingerprint density at radius 2 is 2.00 bits per heavy atom. The molecule has 4 rings (SSSR count). The van der Waals surface area contributed by atoms with Crippen molar-refractivity contribution in [3.63, 3.8) is 0 Å². The Bertz CT molecular complexity index is 942. The third-order valence-corrected chi connectivity index (χ3v) is 3.77. The molecular weight excluding hydrogens is 290 g/mol. The smallest absolute Gasteiger partial charge is 0.178 e. The Kier molecular flexibility index (Phi) is 3.31. The third-order valence-electron chi connectivity index (χ3n) is 3.77. The van der Waals surface area contributed by atoms with Gasteiger partial charge >= 0.3 is 0 Å². The second-order valence-corrected chi connectivity index (χ2v) is 5.16. The number of furan rings is 1. The van der Waals surface area contributed by atoms with Crippen LogP contribution in [0.4, 0.5) is 0 Å². The van der Waals surface area contributed by atoms with Gasteiger partial charge in [-0.15, -0.1) is 0 Å². The molecule has 0 aliphatic rings. The first-order chi connectivity index (χ1) is 11.4. The number of hydrogen-bond donors (Lipinski definition) is 0. The molecule has 3 heterocycles. The van der Waals surface area contributed by atoms with Crippen molar-refractivity contribution in [1.29, 1.82) is 0 Å². The third kappa shape index (κ3) is 2.36. The zero-order valence-corrected chi connectivity index (χ0v) is 12.6. The molecule has 0 spiro atoms. The number of benzene rings is 1. The van der Waals surface area contributed by atoms with Gasteiger partial charge in [-0.05, 0) is 30.3 Å². The van der Waals surface area contributed by atoms with Crippen LogP contribution < -0.4 is 4.74 Å². The molecule has 0 aliphatic carbocycles. The number of aromatic nitrogens is 3. The second kappa shape index (κ2) is 5.61. The molecule has 1 aromatic carbocycles. The first-order valence-electron chi connectivity index (χ1n) is 7.34. The number of imidazole rings is 1. The molecule has 0 saturated heterocycles. The van der Waals surface area contributed by atoms with E-state index < -0.39 is 0 Å². The first kappa shape index (κ1) is 13.6. The van der Waals surface area contributed by atoms with Gasteiger partial charge in [0.15, 0.2) is 17.2 Å². The summed E-state index contributed by atoms with van der Waals surface area (Å²) in [7, 11) is 1.68. The summed E-state index contributed by atoms with van der Waals surface area (Å²) in [4.78, 5) is 9.15. The summed E-state index contributed by atoms with van der Waals surface area (Å²) >= 11 is 0. The SMILES string of the molecule is COc1ccccc1Cn1c(-c2ccco2)nc2cccnc21. The summed E-state index contributed by atoms with van der Waals surface area (Å²) in [5, 5.41) is 0. The Morgan fingerprint density at radius 3 is 2.83 bits per heavy atom. The topological polar surface area (TPSA) is 53.1 Å². The summed E-state index contributed by atoms with van der Waals surface area (Å²) in [6, 6.07) is 15.5. The fraction of sp³-hybridized carbons (Fsp3) is 0.111. The van der Waals surface area contributed by atoms with Crippen LogP contribution in [0.25, 0.3) is 22.7 Å². The second-order valence-electron chi connectivity index (χ2n) is 5.16. The molecule has 3 aromatic heterocycles. The van der Waals surface area contributed by atoms with Gasteiger partial charge in [0.2, 0.25) is 0 Å². The summed E-state index contributed by atoms with van der Waals surface area (Å²) in [5.41, 5.74) is 2.73. The number of methoxy groups -OCH3 is 1. The number of fused-ring (bicyclic) bond motifs is 1. The Morgan fingerprint density at radius 1 is 1.09 bits per heavy atom. The molecule has 5 nitrogen and oxygen atoms in total. The quantitative estimate of drug-likeness (QED) is 0.576. The van der Waals surface area contributed by atoms with Crippen molar-refractivity contribution in [3.05, 3.63) is 66.6 Å². The fourth-order valence-corrected chi connectivity index (χ4v) is 2.71. The molecule has 4 aromatic rings. The van der Waals surface area contributed by atoms with E-state index in [2.05, 4.69) is 9.97 Å². The summed E-state index contributed by atoms with van der Waals surface area (Å²) < 4.78 is 13.0. The minimum Gasteiger partial charge on any atom is -0.496 e. The number of nitrogens with zero attached hydrogens (tertiary/aromatic N) is 3. The van der Waals surface area contributed by atoms with Crippen LogP contribution in [0.15, 0.2) is 65.4 Å². The lowest BCUT2D eigenvalue weighted by molar-refractivity contribution is 0.408. The zero-order valence-electron chi connectivity index (χ0n) is 12.6. The Balaban J connectivity index is 1.89. The fourth-order valence-electron chi connectivity index (χ4n) is 2.71. The van der Waals surface area contributed by atoms with Gasteiger partial charge in [-0.2, -0.15) is 0 Å². The van der Waals surface area contributed by atoms with E-state index in [0.29, 0.717) is 6.54 Å². The summed E-state index contributed by atoms with van der Waals surface area (Å²) in [6.07, 6.45) is 3.42. The van der Waals surface area contributed by atoms with Gasteiger partial charge in [0.05, 0.1) is 19.9 Å². The van der Waals surface area contributed by atoms with Gasteiger partial charge in [0, 0.05) is 11.8 Å². The van der Waals surface area contributed by atoms with Crippen LogP contribution in [0, 0.1) is 0 Å². The molecule has 0 saturated carbocycles. The zero-order chi connectivity index (χ0) is 15.6. The number of pyridine rings is 1. The Hall–Kier alpha value is -3.08. The molecule has 0 amide bonds. The van der Waals surface area contributed by atoms with E-state index in [1.807, 2.05) is 53.1 Å². The van der Waals surface area contributed by atoms with Gasteiger partial charge in [-0.25, -0.2) is 9.97 Å². The van der Waals surface area contributed by atoms with Crippen molar-refractivity contribution in [3.8, 4) is 17.3 Å². The minimum atomic E-state index is 0.605. The van der Waals surface area contributed by atoms with Crippen LogP contribution in [0.1, 0.15) is 5.56 Å². The molecule has 0 radical (unpaired) electrons. The van der Waals surface area contributed by atoms with E-state index in [0.717, 1.165) is 34.1 Å². The van der Waals surface area contributed by atoms with Gasteiger partial charge in [0.25, 0.3) is 0 Å². The number of para-hydroxylation sites is 1. The minimum absolute atomic E-state index is 0.605. The molecule has 0 aliphatic heterocycles. The van der Waals surface area contributed by atoms with Crippen molar-refractivity contribution >= 4 is 11.2 Å². The summed E-state index contributed by atoms with van der Waals surface area (Å²) in [5.74, 6) is 2.32. The van der Waals surface area contributed by atoms with E-state index in [4.69, 9.17) is 9.15 Å². The lowest BCUT2D eigenvalue weighted by Gasteiger charge is -2.11. The molecule has 5 heteroatoms. The van der Waals surface area contributed by atoms with E-state index in [1.165, 1.54) is 0 Å². The highest BCUT2D eigenvalue weighted by atomic mass is 16.5. The largest absolute Gasteiger partial charge is 0.496 e. The van der Waals surface area contributed by atoms with E-state index >= 15 is 0 Å². The molecule has 0 N–H and O–H groups in total. The van der Waals surface area contributed by atoms with Gasteiger partial charge in [-0.1, -0.05) is 18.2 Å². The van der Waals surface area contributed by atoms with Crippen LogP contribution in [-0.4, -0.2) is 21.6 Å². The average Bonchev–Trinajstić information content (AvgIpc) is 3.23. The standard InChI is InChI=1S/C18H15N3O2/c1-22-15-8-3-2-6-13(15)12-21-17-14(7-4-10-19-17)20-18(21)16-9-5-11-23-16/h2-11H,12H2,1H3. The maximum atomic E-state index is 5.54. The maximum absolute atomic E-state index is 5.54. The van der Waals surface area contributed by atoms with Gasteiger partial charge in [-0.3, -0.25) is 0 Å². The van der Waals surface area contributed by atoms with Crippen LogP contribution >= 0.6 is 0 Å². The number of ether oxygens (including phenoxy) is 1. The highest BCUT2D eigenvalue weighted by molar-refractivity contribution is 5.76.